The van der Waals surface area contributed by atoms with Crippen molar-refractivity contribution in [2.75, 3.05) is 14.2 Å². The molecule has 0 radical (unpaired) electrons. The topological polar surface area (TPSA) is 102 Å². The predicted octanol–water partition coefficient (Wildman–Crippen LogP) is 1.99. The number of aliphatic hydroxyl groups is 1. The molecule has 0 saturated carbocycles. The lowest BCUT2D eigenvalue weighted by molar-refractivity contribution is -0.131. The van der Waals surface area contributed by atoms with Gasteiger partial charge in [-0.05, 0) is 17.2 Å². The highest BCUT2D eigenvalue weighted by Crippen LogP contribution is 2.40. The van der Waals surface area contributed by atoms with Crippen LogP contribution in [0.1, 0.15) is 11.1 Å². The first-order chi connectivity index (χ1) is 14.0. The number of ether oxygens (including phenoxy) is 2. The van der Waals surface area contributed by atoms with Crippen molar-refractivity contribution in [2.24, 2.45) is 0 Å². The number of amides is 1. The molecule has 0 spiro atoms. The molecule has 1 unspecified atom stereocenters. The molecule has 2 aliphatic rings. The van der Waals surface area contributed by atoms with Crippen LogP contribution in [0.3, 0.4) is 0 Å². The second-order valence-electron chi connectivity index (χ2n) is 6.74. The zero-order valence-corrected chi connectivity index (χ0v) is 16.7. The molecule has 8 nitrogen and oxygen atoms in total. The van der Waals surface area contributed by atoms with E-state index < -0.39 is 18.1 Å². The first kappa shape index (κ1) is 20.0. The van der Waals surface area contributed by atoms with E-state index in [2.05, 4.69) is 5.32 Å². The summed E-state index contributed by atoms with van der Waals surface area (Å²) in [6.45, 7) is 0. The molecule has 0 aliphatic carbocycles. The van der Waals surface area contributed by atoms with Gasteiger partial charge in [-0.3, -0.25) is 8.98 Å². The molecule has 154 valence electrons. The Kier molecular flexibility index (Phi) is 5.66. The molecule has 2 heterocycles. The van der Waals surface area contributed by atoms with E-state index in [4.69, 9.17) is 23.4 Å². The molecule has 2 aliphatic heterocycles. The van der Waals surface area contributed by atoms with E-state index in [1.54, 1.807) is 14.2 Å². The standard InChI is InChI=1S/C20H21NO7S/c1-24-14-9-13-10-16(26-29-17(13)11-15(14)25-2)19(22)21-18(20(23)27-28-20)8-12-6-4-3-5-7-12/h3-7,9,11,16,18,23H,8,10H2,1-2H3,(H,21,22)/t16?,18-/m0/s1. The molecule has 1 saturated heterocycles. The lowest BCUT2D eigenvalue weighted by atomic mass is 10.0. The van der Waals surface area contributed by atoms with Gasteiger partial charge < -0.3 is 19.9 Å². The van der Waals surface area contributed by atoms with Gasteiger partial charge in [-0.1, -0.05) is 30.3 Å². The van der Waals surface area contributed by atoms with Crippen LogP contribution in [0.4, 0.5) is 0 Å². The van der Waals surface area contributed by atoms with Crippen molar-refractivity contribution in [3.63, 3.8) is 0 Å². The Bertz CT molecular complexity index is 888. The summed E-state index contributed by atoms with van der Waals surface area (Å²) in [4.78, 5) is 23.1. The highest BCUT2D eigenvalue weighted by Gasteiger charge is 2.55. The molecule has 0 aromatic heterocycles. The van der Waals surface area contributed by atoms with Crippen molar-refractivity contribution >= 4 is 17.9 Å². The van der Waals surface area contributed by atoms with Gasteiger partial charge in [0.25, 0.3) is 5.91 Å². The summed E-state index contributed by atoms with van der Waals surface area (Å²) in [6.07, 6.45) is -0.0525. The lowest BCUT2D eigenvalue weighted by Crippen LogP contribution is -2.51. The highest BCUT2D eigenvalue weighted by atomic mass is 32.2. The normalized spacial score (nSPS) is 20.3. The molecule has 2 atom stereocenters. The van der Waals surface area contributed by atoms with Crippen LogP contribution in [-0.2, 0) is 31.6 Å². The molecule has 4 rings (SSSR count). The third kappa shape index (κ3) is 4.34. The fourth-order valence-electron chi connectivity index (χ4n) is 3.16. The molecule has 0 bridgehead atoms. The van der Waals surface area contributed by atoms with E-state index in [1.165, 1.54) is 0 Å². The van der Waals surface area contributed by atoms with Gasteiger partial charge in [-0.2, -0.15) is 9.78 Å². The fourth-order valence-corrected chi connectivity index (χ4v) is 3.94. The van der Waals surface area contributed by atoms with Crippen LogP contribution in [0.25, 0.3) is 0 Å². The SMILES string of the molecule is COc1cc2c(cc1OC)SOC(C(=O)N[C@@H](Cc1ccccc1)C1(O)OO1)C2. The number of carbonyl (C=O) groups is 1. The fraction of sp³-hybridized carbons (Fsp3) is 0.350. The Labute approximate surface area is 172 Å². The van der Waals surface area contributed by atoms with Crippen LogP contribution in [0, 0.1) is 0 Å². The Balaban J connectivity index is 1.47. The van der Waals surface area contributed by atoms with Crippen LogP contribution in [0.2, 0.25) is 0 Å². The molecule has 2 N–H and O–H groups in total. The first-order valence-electron chi connectivity index (χ1n) is 9.04. The van der Waals surface area contributed by atoms with Crippen molar-refractivity contribution in [1.82, 2.24) is 5.32 Å². The second-order valence-corrected chi connectivity index (χ2v) is 7.53. The average Bonchev–Trinajstić information content (AvgIpc) is 3.51. The molecule has 1 amide bonds. The number of hydrogen-bond acceptors (Lipinski definition) is 8. The summed E-state index contributed by atoms with van der Waals surface area (Å²) >= 11 is 1.11. The Morgan fingerprint density at radius 1 is 1.24 bits per heavy atom. The number of fused-ring (bicyclic) bond motifs is 1. The third-order valence-electron chi connectivity index (χ3n) is 4.81. The molecule has 2 aromatic rings. The molecular formula is C20H21NO7S. The van der Waals surface area contributed by atoms with Gasteiger partial charge in [0, 0.05) is 35.8 Å². The Morgan fingerprint density at radius 3 is 2.59 bits per heavy atom. The smallest absolute Gasteiger partial charge is 0.358 e. The maximum atomic E-state index is 12.8. The highest BCUT2D eigenvalue weighted by molar-refractivity contribution is 7.94. The largest absolute Gasteiger partial charge is 0.493 e. The number of rotatable bonds is 7. The number of hydrogen-bond donors (Lipinski definition) is 2. The summed E-state index contributed by atoms with van der Waals surface area (Å²) in [7, 11) is 3.12. The van der Waals surface area contributed by atoms with Crippen molar-refractivity contribution in [3.8, 4) is 11.5 Å². The van der Waals surface area contributed by atoms with Gasteiger partial charge in [-0.25, -0.2) is 0 Å². The van der Waals surface area contributed by atoms with Gasteiger partial charge in [0.2, 0.25) is 0 Å². The minimum absolute atomic E-state index is 0.338. The van der Waals surface area contributed by atoms with Gasteiger partial charge in [0.1, 0.15) is 6.04 Å². The van der Waals surface area contributed by atoms with Crippen molar-refractivity contribution in [2.45, 2.75) is 35.9 Å². The van der Waals surface area contributed by atoms with Gasteiger partial charge in [0.15, 0.2) is 17.6 Å². The van der Waals surface area contributed by atoms with Crippen molar-refractivity contribution in [3.05, 3.63) is 53.6 Å². The quantitative estimate of drug-likeness (QED) is 0.399. The van der Waals surface area contributed by atoms with Gasteiger partial charge in [-0.15, -0.1) is 0 Å². The first-order valence-corrected chi connectivity index (χ1v) is 9.78. The van der Waals surface area contributed by atoms with Crippen LogP contribution >= 0.6 is 12.0 Å². The molecule has 29 heavy (non-hydrogen) atoms. The predicted molar refractivity (Wildman–Crippen MR) is 103 cm³/mol. The summed E-state index contributed by atoms with van der Waals surface area (Å²) in [6, 6.07) is 12.3. The summed E-state index contributed by atoms with van der Waals surface area (Å²) in [5, 5.41) is 13.0. The van der Waals surface area contributed by atoms with Crippen molar-refractivity contribution < 1.29 is 33.3 Å². The monoisotopic (exact) mass is 419 g/mol. The molecular weight excluding hydrogens is 398 g/mol. The third-order valence-corrected chi connectivity index (χ3v) is 5.70. The van der Waals surface area contributed by atoms with E-state index in [-0.39, 0.29) is 5.91 Å². The van der Waals surface area contributed by atoms with E-state index in [9.17, 15) is 9.90 Å². The van der Waals surface area contributed by atoms with E-state index >= 15 is 0 Å². The summed E-state index contributed by atoms with van der Waals surface area (Å²) in [5.41, 5.74) is 1.84. The summed E-state index contributed by atoms with van der Waals surface area (Å²) < 4.78 is 16.3. The Hall–Kier alpha value is -2.30. The summed E-state index contributed by atoms with van der Waals surface area (Å²) in [5.74, 6) is -1.02. The number of nitrogens with one attached hydrogen (secondary N) is 1. The maximum absolute atomic E-state index is 12.8. The van der Waals surface area contributed by atoms with Crippen LogP contribution in [0.15, 0.2) is 47.4 Å². The van der Waals surface area contributed by atoms with E-state index in [1.807, 2.05) is 42.5 Å². The van der Waals surface area contributed by atoms with Crippen LogP contribution in [-0.4, -0.2) is 43.4 Å². The zero-order chi connectivity index (χ0) is 20.4. The van der Waals surface area contributed by atoms with Gasteiger partial charge in [0.05, 0.1) is 14.2 Å². The van der Waals surface area contributed by atoms with Gasteiger partial charge >= 0.3 is 5.97 Å². The van der Waals surface area contributed by atoms with Crippen molar-refractivity contribution in [1.29, 1.82) is 0 Å². The van der Waals surface area contributed by atoms with E-state index in [0.717, 1.165) is 28.1 Å². The van der Waals surface area contributed by atoms with E-state index in [0.29, 0.717) is 24.3 Å². The number of carbonyl (C=O) groups excluding carboxylic acids is 1. The number of methoxy groups -OCH3 is 2. The molecule has 2 aromatic carbocycles. The van der Waals surface area contributed by atoms with Crippen LogP contribution in [0.5, 0.6) is 11.5 Å². The lowest BCUT2D eigenvalue weighted by Gasteiger charge is -2.26. The maximum Gasteiger partial charge on any atom is 0.358 e. The Morgan fingerprint density at radius 2 is 1.93 bits per heavy atom. The average molecular weight is 419 g/mol. The van der Waals surface area contributed by atoms with Crippen LogP contribution < -0.4 is 14.8 Å². The molecule has 1 fully saturated rings. The minimum atomic E-state index is -1.83. The zero-order valence-electron chi connectivity index (χ0n) is 15.9. The molecule has 9 heteroatoms. The minimum Gasteiger partial charge on any atom is -0.493 e. The second kappa shape index (κ2) is 8.21. The number of benzene rings is 2.